The zero-order valence-electron chi connectivity index (χ0n) is 16.6. The van der Waals surface area contributed by atoms with Gasteiger partial charge in [0.15, 0.2) is 5.52 Å². The van der Waals surface area contributed by atoms with Crippen LogP contribution >= 0.6 is 11.6 Å². The molecule has 0 radical (unpaired) electrons. The summed E-state index contributed by atoms with van der Waals surface area (Å²) >= 11 is 6.12. The molecular formula is C22H18ClN5O3. The zero-order chi connectivity index (χ0) is 22.0. The van der Waals surface area contributed by atoms with Crippen molar-refractivity contribution in [2.24, 2.45) is 0 Å². The molecule has 156 valence electrons. The Balaban J connectivity index is 1.74. The van der Waals surface area contributed by atoms with E-state index in [0.717, 1.165) is 10.1 Å². The van der Waals surface area contributed by atoms with Crippen LogP contribution in [0.4, 0.5) is 5.69 Å². The van der Waals surface area contributed by atoms with E-state index in [9.17, 15) is 14.4 Å². The minimum Gasteiger partial charge on any atom is -0.324 e. The van der Waals surface area contributed by atoms with E-state index in [1.807, 2.05) is 6.92 Å². The van der Waals surface area contributed by atoms with Gasteiger partial charge < -0.3 is 5.32 Å². The fourth-order valence-corrected chi connectivity index (χ4v) is 3.40. The summed E-state index contributed by atoms with van der Waals surface area (Å²) in [6.07, 6.45) is 4.65. The van der Waals surface area contributed by atoms with Gasteiger partial charge in [0.2, 0.25) is 5.91 Å². The first-order chi connectivity index (χ1) is 14.9. The van der Waals surface area contributed by atoms with E-state index in [-0.39, 0.29) is 24.1 Å². The van der Waals surface area contributed by atoms with Gasteiger partial charge in [-0.25, -0.2) is 9.78 Å². The van der Waals surface area contributed by atoms with Crippen molar-refractivity contribution in [2.45, 2.75) is 20.0 Å². The van der Waals surface area contributed by atoms with E-state index in [2.05, 4.69) is 15.3 Å². The summed E-state index contributed by atoms with van der Waals surface area (Å²) in [6, 6.07) is 11.8. The molecule has 9 heteroatoms. The molecule has 1 aromatic carbocycles. The lowest BCUT2D eigenvalue weighted by molar-refractivity contribution is -0.116. The maximum atomic E-state index is 13.2. The van der Waals surface area contributed by atoms with Gasteiger partial charge >= 0.3 is 5.69 Å². The number of hydrogen-bond acceptors (Lipinski definition) is 5. The predicted octanol–water partition coefficient (Wildman–Crippen LogP) is 2.60. The van der Waals surface area contributed by atoms with Crippen LogP contribution in [0.15, 0.2) is 70.6 Å². The average molecular weight is 436 g/mol. The van der Waals surface area contributed by atoms with Crippen molar-refractivity contribution < 1.29 is 4.79 Å². The molecule has 3 aromatic heterocycles. The molecule has 0 fully saturated rings. The molecule has 0 saturated heterocycles. The van der Waals surface area contributed by atoms with Gasteiger partial charge in [-0.05, 0) is 48.4 Å². The van der Waals surface area contributed by atoms with Gasteiger partial charge in [-0.3, -0.25) is 23.7 Å². The van der Waals surface area contributed by atoms with Crippen molar-refractivity contribution in [3.05, 3.63) is 98.0 Å². The van der Waals surface area contributed by atoms with Gasteiger partial charge in [0.25, 0.3) is 5.56 Å². The largest absolute Gasteiger partial charge is 0.332 e. The number of anilines is 1. The number of fused-ring (bicyclic) bond motifs is 1. The molecule has 4 aromatic rings. The lowest BCUT2D eigenvalue weighted by atomic mass is 10.2. The van der Waals surface area contributed by atoms with Crippen molar-refractivity contribution in [3.8, 4) is 0 Å². The van der Waals surface area contributed by atoms with Crippen LogP contribution in [-0.2, 0) is 17.9 Å². The maximum Gasteiger partial charge on any atom is 0.332 e. The average Bonchev–Trinajstić information content (AvgIpc) is 2.77. The Hall–Kier alpha value is -3.78. The highest BCUT2D eigenvalue weighted by molar-refractivity contribution is 6.31. The van der Waals surface area contributed by atoms with Gasteiger partial charge in [-0.15, -0.1) is 0 Å². The summed E-state index contributed by atoms with van der Waals surface area (Å²) in [7, 11) is 0. The quantitative estimate of drug-likeness (QED) is 0.519. The van der Waals surface area contributed by atoms with Crippen LogP contribution in [0.2, 0.25) is 5.02 Å². The van der Waals surface area contributed by atoms with Gasteiger partial charge in [-0.2, -0.15) is 0 Å². The fourth-order valence-electron chi connectivity index (χ4n) is 3.22. The third-order valence-electron chi connectivity index (χ3n) is 4.81. The predicted molar refractivity (Wildman–Crippen MR) is 118 cm³/mol. The lowest BCUT2D eigenvalue weighted by Crippen LogP contribution is -2.42. The van der Waals surface area contributed by atoms with Crippen LogP contribution in [0.1, 0.15) is 11.1 Å². The van der Waals surface area contributed by atoms with Crippen molar-refractivity contribution in [2.75, 3.05) is 5.32 Å². The Kier molecular flexibility index (Phi) is 5.64. The third kappa shape index (κ3) is 4.24. The van der Waals surface area contributed by atoms with E-state index >= 15 is 0 Å². The molecule has 0 unspecified atom stereocenters. The topological polar surface area (TPSA) is 98.9 Å². The SMILES string of the molecule is Cc1ccc(NC(=O)Cn2c(=O)n(Cc3cccnc3)c(=O)c3ncccc32)cc1Cl. The first-order valence-electron chi connectivity index (χ1n) is 9.47. The first kappa shape index (κ1) is 20.5. The molecule has 8 nitrogen and oxygen atoms in total. The Morgan fingerprint density at radius 1 is 1.10 bits per heavy atom. The second-order valence-corrected chi connectivity index (χ2v) is 7.41. The fraction of sp³-hybridized carbons (Fsp3) is 0.136. The number of nitrogens with one attached hydrogen (secondary N) is 1. The lowest BCUT2D eigenvalue weighted by Gasteiger charge is -2.14. The van der Waals surface area contributed by atoms with Crippen molar-refractivity contribution in [1.29, 1.82) is 0 Å². The molecule has 3 heterocycles. The number of nitrogens with zero attached hydrogens (tertiary/aromatic N) is 4. The zero-order valence-corrected chi connectivity index (χ0v) is 17.3. The summed E-state index contributed by atoms with van der Waals surface area (Å²) in [5.41, 5.74) is 1.35. The molecule has 0 bridgehead atoms. The van der Waals surface area contributed by atoms with Gasteiger partial charge in [-0.1, -0.05) is 23.7 Å². The molecule has 31 heavy (non-hydrogen) atoms. The van der Waals surface area contributed by atoms with Crippen molar-refractivity contribution in [1.82, 2.24) is 19.1 Å². The molecule has 0 aliphatic rings. The number of amides is 1. The second kappa shape index (κ2) is 8.53. The van der Waals surface area contributed by atoms with Crippen LogP contribution in [0.3, 0.4) is 0 Å². The van der Waals surface area contributed by atoms with Crippen LogP contribution < -0.4 is 16.6 Å². The molecule has 1 N–H and O–H groups in total. The Labute approximate surface area is 181 Å². The summed E-state index contributed by atoms with van der Waals surface area (Å²) < 4.78 is 2.30. The van der Waals surface area contributed by atoms with E-state index in [0.29, 0.717) is 16.3 Å². The normalized spacial score (nSPS) is 10.9. The highest BCUT2D eigenvalue weighted by atomic mass is 35.5. The number of carbonyl (C=O) groups is 1. The van der Waals surface area contributed by atoms with E-state index in [1.165, 1.54) is 10.8 Å². The molecule has 0 spiro atoms. The standard InChI is InChI=1S/C22H18ClN5O3/c1-14-6-7-16(10-17(14)23)26-19(29)13-27-18-5-3-9-25-20(18)21(30)28(22(27)31)12-15-4-2-8-24-11-15/h2-11H,12-13H2,1H3,(H,26,29). The van der Waals surface area contributed by atoms with E-state index in [1.54, 1.807) is 54.9 Å². The smallest absolute Gasteiger partial charge is 0.324 e. The van der Waals surface area contributed by atoms with Crippen molar-refractivity contribution in [3.63, 3.8) is 0 Å². The number of aryl methyl sites for hydroxylation is 1. The molecule has 0 atom stereocenters. The highest BCUT2D eigenvalue weighted by Gasteiger charge is 2.16. The number of aromatic nitrogens is 4. The molecule has 0 aliphatic carbocycles. The number of pyridine rings is 2. The summed E-state index contributed by atoms with van der Waals surface area (Å²) in [5, 5.41) is 3.26. The Morgan fingerprint density at radius 3 is 2.65 bits per heavy atom. The minimum absolute atomic E-state index is 0.0210. The summed E-state index contributed by atoms with van der Waals surface area (Å²) in [6.45, 7) is 1.59. The van der Waals surface area contributed by atoms with Gasteiger partial charge in [0.05, 0.1) is 12.1 Å². The van der Waals surface area contributed by atoms with Crippen LogP contribution in [-0.4, -0.2) is 25.0 Å². The second-order valence-electron chi connectivity index (χ2n) is 7.00. The number of carbonyl (C=O) groups excluding carboxylic acids is 1. The summed E-state index contributed by atoms with van der Waals surface area (Å²) in [5.74, 6) is -0.432. The Bertz CT molecular complexity index is 1400. The Morgan fingerprint density at radius 2 is 1.90 bits per heavy atom. The number of benzene rings is 1. The van der Waals surface area contributed by atoms with Gasteiger partial charge in [0.1, 0.15) is 6.54 Å². The molecule has 4 rings (SSSR count). The highest BCUT2D eigenvalue weighted by Crippen LogP contribution is 2.20. The molecular weight excluding hydrogens is 418 g/mol. The first-order valence-corrected chi connectivity index (χ1v) is 9.85. The van der Waals surface area contributed by atoms with E-state index < -0.39 is 17.2 Å². The molecule has 0 saturated carbocycles. The molecule has 1 amide bonds. The third-order valence-corrected chi connectivity index (χ3v) is 5.21. The number of rotatable bonds is 5. The van der Waals surface area contributed by atoms with E-state index in [4.69, 9.17) is 11.6 Å². The van der Waals surface area contributed by atoms with Crippen LogP contribution in [0.25, 0.3) is 11.0 Å². The van der Waals surface area contributed by atoms with Crippen molar-refractivity contribution >= 4 is 34.2 Å². The minimum atomic E-state index is -0.605. The molecule has 0 aliphatic heterocycles. The number of halogens is 1. The number of hydrogen-bond donors (Lipinski definition) is 1. The van der Waals surface area contributed by atoms with Crippen LogP contribution in [0, 0.1) is 6.92 Å². The summed E-state index contributed by atoms with van der Waals surface area (Å²) in [4.78, 5) is 46.9. The maximum absolute atomic E-state index is 13.2. The van der Waals surface area contributed by atoms with Gasteiger partial charge in [0, 0.05) is 29.3 Å². The monoisotopic (exact) mass is 435 g/mol. The van der Waals surface area contributed by atoms with Crippen LogP contribution in [0.5, 0.6) is 0 Å².